The number of carbonyl (C=O) groups excluding carboxylic acids is 1. The Morgan fingerprint density at radius 3 is 2.19 bits per heavy atom. The van der Waals surface area contributed by atoms with Crippen molar-refractivity contribution in [2.75, 3.05) is 19.7 Å². The smallest absolute Gasteiger partial charge is 0.396 e. The maximum Gasteiger partial charge on any atom is 0.416 e. The van der Waals surface area contributed by atoms with E-state index in [1.54, 1.807) is 11.8 Å². The number of aliphatic hydroxyl groups excluding tert-OH is 1. The van der Waals surface area contributed by atoms with Crippen LogP contribution in [0.1, 0.15) is 43.5 Å². The molecule has 31 heavy (non-hydrogen) atoms. The van der Waals surface area contributed by atoms with Crippen LogP contribution in [-0.4, -0.2) is 45.2 Å². The van der Waals surface area contributed by atoms with Crippen LogP contribution in [0.5, 0.6) is 0 Å². The largest absolute Gasteiger partial charge is 0.416 e. The number of amides is 1. The van der Waals surface area contributed by atoms with Crippen molar-refractivity contribution in [1.29, 1.82) is 0 Å². The summed E-state index contributed by atoms with van der Waals surface area (Å²) in [6.07, 6.45) is -2.89. The predicted octanol–water partition coefficient (Wildman–Crippen LogP) is 3.42. The first kappa shape index (κ1) is 24.6. The Morgan fingerprint density at radius 1 is 1.13 bits per heavy atom. The molecule has 0 aliphatic carbocycles. The molecule has 6 nitrogen and oxygen atoms in total. The summed E-state index contributed by atoms with van der Waals surface area (Å²) < 4.78 is 40.0. The van der Waals surface area contributed by atoms with Crippen LogP contribution in [0.25, 0.3) is 11.4 Å². The number of carbonyl (C=O) groups is 1. The summed E-state index contributed by atoms with van der Waals surface area (Å²) in [5.41, 5.74) is -0.334. The number of aliphatic hydroxyl groups is 1. The molecule has 0 unspecified atom stereocenters. The van der Waals surface area contributed by atoms with Crippen molar-refractivity contribution < 1.29 is 23.1 Å². The second-order valence-corrected chi connectivity index (χ2v) is 7.32. The van der Waals surface area contributed by atoms with E-state index >= 15 is 0 Å². The third kappa shape index (κ3) is 5.94. The summed E-state index contributed by atoms with van der Waals surface area (Å²) >= 11 is 0. The summed E-state index contributed by atoms with van der Waals surface area (Å²) in [5, 5.41) is 9.31. The number of aryl methyl sites for hydroxylation is 1. The maximum absolute atomic E-state index is 13.1. The topological polar surface area (TPSA) is 75.4 Å². The van der Waals surface area contributed by atoms with Gasteiger partial charge in [-0.2, -0.15) is 13.2 Å². The Balaban J connectivity index is 2.57. The Bertz CT molecular complexity index is 947. The summed E-state index contributed by atoms with van der Waals surface area (Å²) in [6, 6.07) is 4.33. The van der Waals surface area contributed by atoms with E-state index < -0.39 is 17.3 Å². The van der Waals surface area contributed by atoms with Crippen LogP contribution in [0.4, 0.5) is 13.2 Å². The first-order valence-electron chi connectivity index (χ1n) is 10.3. The van der Waals surface area contributed by atoms with Gasteiger partial charge in [0.1, 0.15) is 12.4 Å². The number of aromatic nitrogens is 2. The lowest BCUT2D eigenvalue weighted by atomic mass is 10.1. The van der Waals surface area contributed by atoms with Crippen LogP contribution in [0.2, 0.25) is 0 Å². The average molecular weight is 439 g/mol. The van der Waals surface area contributed by atoms with Crippen LogP contribution < -0.4 is 5.56 Å². The van der Waals surface area contributed by atoms with E-state index in [4.69, 9.17) is 0 Å². The SMILES string of the molecule is CCCN(CCC)C(=O)Cn1c(-c2ccc(C(F)(F)F)cc2)nc(C)c(CCO)c1=O. The lowest BCUT2D eigenvalue weighted by Gasteiger charge is -2.23. The normalized spacial score (nSPS) is 11.6. The van der Waals surface area contributed by atoms with Crippen molar-refractivity contribution in [2.45, 2.75) is 52.8 Å². The van der Waals surface area contributed by atoms with Crippen LogP contribution in [0.15, 0.2) is 29.1 Å². The zero-order valence-electron chi connectivity index (χ0n) is 18.0. The molecule has 1 amide bonds. The monoisotopic (exact) mass is 439 g/mol. The highest BCUT2D eigenvalue weighted by Crippen LogP contribution is 2.30. The number of rotatable bonds is 9. The van der Waals surface area contributed by atoms with Gasteiger partial charge in [0.15, 0.2) is 0 Å². The molecule has 2 rings (SSSR count). The zero-order chi connectivity index (χ0) is 23.2. The molecule has 1 heterocycles. The van der Waals surface area contributed by atoms with Gasteiger partial charge in [-0.25, -0.2) is 4.98 Å². The summed E-state index contributed by atoms with van der Waals surface area (Å²) in [6.45, 7) is 6.04. The molecule has 0 radical (unpaired) electrons. The molecule has 0 aliphatic rings. The maximum atomic E-state index is 13.1. The first-order valence-corrected chi connectivity index (χ1v) is 10.3. The molecule has 0 bridgehead atoms. The Kier molecular flexibility index (Phi) is 8.38. The van der Waals surface area contributed by atoms with Crippen LogP contribution >= 0.6 is 0 Å². The number of hydrogen-bond acceptors (Lipinski definition) is 4. The van der Waals surface area contributed by atoms with E-state index in [0.29, 0.717) is 24.3 Å². The van der Waals surface area contributed by atoms with Gasteiger partial charge in [-0.15, -0.1) is 0 Å². The van der Waals surface area contributed by atoms with Gasteiger partial charge in [0.05, 0.1) is 5.56 Å². The standard InChI is InChI=1S/C22H28F3N3O3/c1-4-11-27(12-5-2)19(30)14-28-20(26-15(3)18(10-13-29)21(28)31)16-6-8-17(9-7-16)22(23,24)25/h6-9,29H,4-5,10-14H2,1-3H3. The Morgan fingerprint density at radius 2 is 1.71 bits per heavy atom. The Labute approximate surface area is 179 Å². The quantitative estimate of drug-likeness (QED) is 0.650. The van der Waals surface area contributed by atoms with Crippen molar-refractivity contribution in [2.24, 2.45) is 0 Å². The fourth-order valence-electron chi connectivity index (χ4n) is 3.41. The number of benzene rings is 1. The number of nitrogens with zero attached hydrogens (tertiary/aromatic N) is 3. The third-order valence-corrected chi connectivity index (χ3v) is 4.93. The molecular formula is C22H28F3N3O3. The molecule has 0 atom stereocenters. The summed E-state index contributed by atoms with van der Waals surface area (Å²) in [4.78, 5) is 32.1. The van der Waals surface area contributed by atoms with Gasteiger partial charge in [0.2, 0.25) is 5.91 Å². The van der Waals surface area contributed by atoms with E-state index in [2.05, 4.69) is 4.98 Å². The summed E-state index contributed by atoms with van der Waals surface area (Å²) in [5.74, 6) is -0.140. The molecule has 1 aromatic heterocycles. The molecule has 0 aliphatic heterocycles. The van der Waals surface area contributed by atoms with E-state index in [1.807, 2.05) is 13.8 Å². The Hall–Kier alpha value is -2.68. The lowest BCUT2D eigenvalue weighted by molar-refractivity contribution is -0.137. The van der Waals surface area contributed by atoms with Crippen molar-refractivity contribution in [3.63, 3.8) is 0 Å². The molecule has 0 saturated heterocycles. The minimum absolute atomic E-state index is 0.0762. The van der Waals surface area contributed by atoms with Gasteiger partial charge < -0.3 is 10.0 Å². The molecule has 1 N–H and O–H groups in total. The minimum atomic E-state index is -4.48. The van der Waals surface area contributed by atoms with Crippen molar-refractivity contribution in [3.8, 4) is 11.4 Å². The van der Waals surface area contributed by atoms with E-state index in [1.165, 1.54) is 16.7 Å². The molecule has 170 valence electrons. The highest BCUT2D eigenvalue weighted by molar-refractivity contribution is 5.76. The second kappa shape index (κ2) is 10.6. The fourth-order valence-corrected chi connectivity index (χ4v) is 3.41. The van der Waals surface area contributed by atoms with Gasteiger partial charge in [0.25, 0.3) is 5.56 Å². The summed E-state index contributed by atoms with van der Waals surface area (Å²) in [7, 11) is 0. The van der Waals surface area contributed by atoms with Gasteiger partial charge in [-0.3, -0.25) is 14.2 Å². The highest BCUT2D eigenvalue weighted by Gasteiger charge is 2.30. The van der Waals surface area contributed by atoms with Crippen molar-refractivity contribution >= 4 is 5.91 Å². The molecule has 0 saturated carbocycles. The molecule has 9 heteroatoms. The predicted molar refractivity (Wildman–Crippen MR) is 112 cm³/mol. The molecule has 1 aromatic carbocycles. The molecule has 0 spiro atoms. The van der Waals surface area contributed by atoms with Crippen molar-refractivity contribution in [3.05, 3.63) is 51.4 Å². The number of halogens is 3. The fraction of sp³-hybridized carbons (Fsp3) is 0.500. The molecule has 2 aromatic rings. The minimum Gasteiger partial charge on any atom is -0.396 e. The van der Waals surface area contributed by atoms with Crippen molar-refractivity contribution in [1.82, 2.24) is 14.5 Å². The molecular weight excluding hydrogens is 411 g/mol. The van der Waals surface area contributed by atoms with Crippen LogP contribution in [-0.2, 0) is 23.9 Å². The average Bonchev–Trinajstić information content (AvgIpc) is 2.72. The third-order valence-electron chi connectivity index (χ3n) is 4.93. The second-order valence-electron chi connectivity index (χ2n) is 7.32. The van der Waals surface area contributed by atoms with Crippen LogP contribution in [0, 0.1) is 6.92 Å². The molecule has 0 fully saturated rings. The first-order chi connectivity index (χ1) is 14.6. The van der Waals surface area contributed by atoms with Gasteiger partial charge in [-0.05, 0) is 31.9 Å². The highest BCUT2D eigenvalue weighted by atomic mass is 19.4. The zero-order valence-corrected chi connectivity index (χ0v) is 18.0. The van der Waals surface area contributed by atoms with E-state index in [9.17, 15) is 27.9 Å². The van der Waals surface area contributed by atoms with E-state index in [-0.39, 0.29) is 36.9 Å². The van der Waals surface area contributed by atoms with Gasteiger partial charge in [-0.1, -0.05) is 26.0 Å². The van der Waals surface area contributed by atoms with E-state index in [0.717, 1.165) is 25.0 Å². The van der Waals surface area contributed by atoms with Crippen LogP contribution in [0.3, 0.4) is 0 Å². The lowest BCUT2D eigenvalue weighted by Crippen LogP contribution is -2.39. The van der Waals surface area contributed by atoms with Gasteiger partial charge >= 0.3 is 6.18 Å². The number of alkyl halides is 3. The number of hydrogen-bond donors (Lipinski definition) is 1. The van der Waals surface area contributed by atoms with Gasteiger partial charge in [0, 0.05) is 42.9 Å².